The lowest BCUT2D eigenvalue weighted by atomic mass is 10.0. The minimum absolute atomic E-state index is 0.192. The molecule has 4 heteroatoms. The topological polar surface area (TPSA) is 43.4 Å². The summed E-state index contributed by atoms with van der Waals surface area (Å²) in [5, 5.41) is 0. The first kappa shape index (κ1) is 25.9. The normalized spacial score (nSPS) is 12.2. The molecule has 0 aromatic carbocycles. The van der Waals surface area contributed by atoms with Gasteiger partial charge in [0.05, 0.1) is 12.4 Å². The largest absolute Gasteiger partial charge is 0.270 e. The SMILES string of the molecule is CCCCCCCCCCCS(=O)(=O)OCCCCCCCCC(C)C. The maximum atomic E-state index is 11.9. The lowest BCUT2D eigenvalue weighted by Crippen LogP contribution is -2.11. The molecule has 0 heterocycles. The van der Waals surface area contributed by atoms with Crippen molar-refractivity contribution in [2.45, 2.75) is 124 Å². The summed E-state index contributed by atoms with van der Waals surface area (Å²) >= 11 is 0. The Morgan fingerprint density at radius 1 is 0.654 bits per heavy atom. The van der Waals surface area contributed by atoms with E-state index >= 15 is 0 Å². The summed E-state index contributed by atoms with van der Waals surface area (Å²) in [6.45, 7) is 7.14. The maximum absolute atomic E-state index is 11.9. The minimum Gasteiger partial charge on any atom is -0.270 e. The average Bonchev–Trinajstić information content (AvgIpc) is 2.58. The summed E-state index contributed by atoms with van der Waals surface area (Å²) in [7, 11) is -3.30. The zero-order valence-electron chi connectivity index (χ0n) is 17.9. The summed E-state index contributed by atoms with van der Waals surface area (Å²) in [6.07, 6.45) is 19.1. The molecule has 0 radical (unpaired) electrons. The molecule has 0 saturated heterocycles. The zero-order chi connectivity index (χ0) is 19.5. The summed E-state index contributed by atoms with van der Waals surface area (Å²) < 4.78 is 28.8. The fourth-order valence-electron chi connectivity index (χ4n) is 3.20. The molecule has 26 heavy (non-hydrogen) atoms. The Morgan fingerprint density at radius 3 is 1.65 bits per heavy atom. The quantitative estimate of drug-likeness (QED) is 0.162. The molecule has 0 fully saturated rings. The van der Waals surface area contributed by atoms with Crippen LogP contribution in [0, 0.1) is 5.92 Å². The van der Waals surface area contributed by atoms with E-state index in [0.717, 1.165) is 38.0 Å². The molecule has 158 valence electrons. The highest BCUT2D eigenvalue weighted by Gasteiger charge is 2.10. The van der Waals surface area contributed by atoms with E-state index in [4.69, 9.17) is 4.18 Å². The van der Waals surface area contributed by atoms with Crippen LogP contribution in [0.5, 0.6) is 0 Å². The molecular formula is C22H46O3S. The van der Waals surface area contributed by atoms with Crippen LogP contribution in [0.2, 0.25) is 0 Å². The fraction of sp³-hybridized carbons (Fsp3) is 1.00. The Morgan fingerprint density at radius 2 is 1.12 bits per heavy atom. The molecule has 0 aromatic heterocycles. The number of unbranched alkanes of at least 4 members (excludes halogenated alkanes) is 13. The van der Waals surface area contributed by atoms with Gasteiger partial charge in [-0.05, 0) is 18.8 Å². The number of hydrogen-bond acceptors (Lipinski definition) is 3. The van der Waals surface area contributed by atoms with Crippen molar-refractivity contribution in [3.05, 3.63) is 0 Å². The average molecular weight is 391 g/mol. The van der Waals surface area contributed by atoms with Gasteiger partial charge in [0.1, 0.15) is 0 Å². The van der Waals surface area contributed by atoms with Crippen molar-refractivity contribution < 1.29 is 12.6 Å². The third-order valence-corrected chi connectivity index (χ3v) is 6.25. The molecule has 3 nitrogen and oxygen atoms in total. The van der Waals surface area contributed by atoms with Gasteiger partial charge in [-0.3, -0.25) is 4.18 Å². The molecule has 0 atom stereocenters. The number of hydrogen-bond donors (Lipinski definition) is 0. The van der Waals surface area contributed by atoms with Gasteiger partial charge in [-0.15, -0.1) is 0 Å². The van der Waals surface area contributed by atoms with Crippen LogP contribution in [0.3, 0.4) is 0 Å². The van der Waals surface area contributed by atoms with Gasteiger partial charge < -0.3 is 0 Å². The standard InChI is InChI=1S/C22H46O3S/c1-4-5-6-7-8-9-12-15-18-21-26(23,24)25-20-17-14-11-10-13-16-19-22(2)3/h22H,4-21H2,1-3H3. The van der Waals surface area contributed by atoms with E-state index in [0.29, 0.717) is 6.61 Å². The molecular weight excluding hydrogens is 344 g/mol. The van der Waals surface area contributed by atoms with Crippen LogP contribution in [0.1, 0.15) is 124 Å². The molecule has 0 aliphatic carbocycles. The van der Waals surface area contributed by atoms with E-state index in [1.165, 1.54) is 70.6 Å². The maximum Gasteiger partial charge on any atom is 0.267 e. The third-order valence-electron chi connectivity index (χ3n) is 4.94. The van der Waals surface area contributed by atoms with Crippen molar-refractivity contribution in [3.63, 3.8) is 0 Å². The van der Waals surface area contributed by atoms with Crippen molar-refractivity contribution >= 4 is 10.1 Å². The van der Waals surface area contributed by atoms with Crippen LogP contribution in [0.4, 0.5) is 0 Å². The van der Waals surface area contributed by atoms with Gasteiger partial charge in [0.25, 0.3) is 10.1 Å². The zero-order valence-corrected chi connectivity index (χ0v) is 18.8. The Balaban J connectivity index is 3.37. The molecule has 0 aliphatic rings. The van der Waals surface area contributed by atoms with Gasteiger partial charge in [0, 0.05) is 0 Å². The highest BCUT2D eigenvalue weighted by Crippen LogP contribution is 2.13. The highest BCUT2D eigenvalue weighted by atomic mass is 32.2. The lowest BCUT2D eigenvalue weighted by Gasteiger charge is -2.06. The van der Waals surface area contributed by atoms with E-state index in [2.05, 4.69) is 20.8 Å². The van der Waals surface area contributed by atoms with Gasteiger partial charge in [0.2, 0.25) is 0 Å². The van der Waals surface area contributed by atoms with Gasteiger partial charge >= 0.3 is 0 Å². The van der Waals surface area contributed by atoms with E-state index < -0.39 is 10.1 Å². The van der Waals surface area contributed by atoms with Crippen LogP contribution in [0.15, 0.2) is 0 Å². The van der Waals surface area contributed by atoms with Crippen LogP contribution in [-0.2, 0) is 14.3 Å². The van der Waals surface area contributed by atoms with Gasteiger partial charge in [-0.2, -0.15) is 8.42 Å². The van der Waals surface area contributed by atoms with Crippen molar-refractivity contribution in [1.29, 1.82) is 0 Å². The predicted molar refractivity (Wildman–Crippen MR) is 114 cm³/mol. The van der Waals surface area contributed by atoms with Crippen LogP contribution >= 0.6 is 0 Å². The summed E-state index contributed by atoms with van der Waals surface area (Å²) in [6, 6.07) is 0. The smallest absolute Gasteiger partial charge is 0.267 e. The molecule has 0 aromatic rings. The molecule has 0 aliphatic heterocycles. The first-order valence-corrected chi connectivity index (χ1v) is 12.9. The van der Waals surface area contributed by atoms with Crippen molar-refractivity contribution in [2.24, 2.45) is 5.92 Å². The predicted octanol–water partition coefficient (Wildman–Crippen LogP) is 7.25. The monoisotopic (exact) mass is 390 g/mol. The van der Waals surface area contributed by atoms with Gasteiger partial charge in [-0.1, -0.05) is 111 Å². The second kappa shape index (κ2) is 18.3. The highest BCUT2D eigenvalue weighted by molar-refractivity contribution is 7.86. The van der Waals surface area contributed by atoms with Crippen LogP contribution < -0.4 is 0 Å². The Labute approximate surface area is 164 Å². The van der Waals surface area contributed by atoms with Crippen molar-refractivity contribution in [1.82, 2.24) is 0 Å². The summed E-state index contributed by atoms with van der Waals surface area (Å²) in [5.74, 6) is 0.997. The van der Waals surface area contributed by atoms with Crippen molar-refractivity contribution in [3.8, 4) is 0 Å². The molecule has 0 saturated carbocycles. The lowest BCUT2D eigenvalue weighted by molar-refractivity contribution is 0.305. The fourth-order valence-corrected chi connectivity index (χ4v) is 4.24. The van der Waals surface area contributed by atoms with Gasteiger partial charge in [0.15, 0.2) is 0 Å². The Kier molecular flexibility index (Phi) is 18.2. The Hall–Kier alpha value is -0.0900. The molecule has 0 rings (SSSR count). The van der Waals surface area contributed by atoms with E-state index in [1.807, 2.05) is 0 Å². The Bertz CT molecular complexity index is 377. The first-order chi connectivity index (χ1) is 12.5. The summed E-state index contributed by atoms with van der Waals surface area (Å²) in [5.41, 5.74) is 0. The minimum atomic E-state index is -3.30. The molecule has 0 unspecified atom stereocenters. The molecule has 0 N–H and O–H groups in total. The second-order valence-electron chi connectivity index (χ2n) is 8.22. The van der Waals surface area contributed by atoms with Gasteiger partial charge in [-0.25, -0.2) is 0 Å². The van der Waals surface area contributed by atoms with Crippen molar-refractivity contribution in [2.75, 3.05) is 12.4 Å². The second-order valence-corrected chi connectivity index (χ2v) is 9.98. The molecule has 0 bridgehead atoms. The third kappa shape index (κ3) is 20.2. The first-order valence-electron chi connectivity index (χ1n) is 11.3. The van der Waals surface area contributed by atoms with E-state index in [9.17, 15) is 8.42 Å². The molecule has 0 amide bonds. The van der Waals surface area contributed by atoms with Crippen LogP contribution in [0.25, 0.3) is 0 Å². The number of rotatable bonds is 20. The van der Waals surface area contributed by atoms with E-state index in [1.54, 1.807) is 0 Å². The van der Waals surface area contributed by atoms with E-state index in [-0.39, 0.29) is 5.75 Å². The van der Waals surface area contributed by atoms with Crippen LogP contribution in [-0.4, -0.2) is 20.8 Å². The summed E-state index contributed by atoms with van der Waals surface area (Å²) in [4.78, 5) is 0. The molecule has 0 spiro atoms.